The monoisotopic (exact) mass is 889 g/mol. The molecule has 0 aliphatic carbocycles. The van der Waals surface area contributed by atoms with E-state index in [2.05, 4.69) is 118 Å². The number of carbonyl (C=O) groups excluding carboxylic acids is 3. The molecule has 1 unspecified atom stereocenters. The van der Waals surface area contributed by atoms with E-state index in [1.807, 2.05) is 0 Å². The highest BCUT2D eigenvalue weighted by Gasteiger charge is 2.19. The summed E-state index contributed by atoms with van der Waals surface area (Å²) < 4.78 is 16.7. The number of unbranched alkanes of at least 4 members (excludes halogenated alkanes) is 19. The molecule has 0 fully saturated rings. The number of ether oxygens (including phenoxy) is 3. The molecule has 0 radical (unpaired) electrons. The van der Waals surface area contributed by atoms with Crippen molar-refractivity contribution in [2.45, 2.75) is 239 Å². The Morgan fingerprint density at radius 1 is 0.328 bits per heavy atom. The lowest BCUT2D eigenvalue weighted by Crippen LogP contribution is -2.30. The first-order chi connectivity index (χ1) is 31.5. The van der Waals surface area contributed by atoms with Gasteiger partial charge in [0.05, 0.1) is 0 Å². The number of allylic oxidation sites excluding steroid dienone is 16. The fraction of sp³-hybridized carbons (Fsp3) is 0.672. The van der Waals surface area contributed by atoms with Gasteiger partial charge in [-0.3, -0.25) is 14.4 Å². The molecule has 0 spiro atoms. The maximum Gasteiger partial charge on any atom is 0.306 e. The summed E-state index contributed by atoms with van der Waals surface area (Å²) in [5, 5.41) is 0. The van der Waals surface area contributed by atoms with E-state index in [9.17, 15) is 14.4 Å². The predicted molar refractivity (Wildman–Crippen MR) is 274 cm³/mol. The van der Waals surface area contributed by atoms with Gasteiger partial charge in [-0.05, 0) is 109 Å². The molecule has 0 aromatic heterocycles. The van der Waals surface area contributed by atoms with Crippen LogP contribution in [0.5, 0.6) is 0 Å². The summed E-state index contributed by atoms with van der Waals surface area (Å²) in [6, 6.07) is 0. The summed E-state index contributed by atoms with van der Waals surface area (Å²) in [5.74, 6) is -0.986. The maximum absolute atomic E-state index is 12.8. The zero-order valence-electron chi connectivity index (χ0n) is 41.5. The molecular formula is C58H96O6. The van der Waals surface area contributed by atoms with Crippen LogP contribution >= 0.6 is 0 Å². The van der Waals surface area contributed by atoms with Crippen molar-refractivity contribution in [2.24, 2.45) is 0 Å². The molecular weight excluding hydrogens is 793 g/mol. The molecule has 0 aliphatic rings. The van der Waals surface area contributed by atoms with Crippen LogP contribution in [-0.4, -0.2) is 37.2 Å². The van der Waals surface area contributed by atoms with E-state index < -0.39 is 6.10 Å². The van der Waals surface area contributed by atoms with E-state index in [1.54, 1.807) is 0 Å². The second-order valence-corrected chi connectivity index (χ2v) is 17.0. The van der Waals surface area contributed by atoms with Gasteiger partial charge in [-0.2, -0.15) is 0 Å². The molecule has 0 bridgehead atoms. The van der Waals surface area contributed by atoms with Gasteiger partial charge >= 0.3 is 17.9 Å². The van der Waals surface area contributed by atoms with E-state index in [-0.39, 0.29) is 37.5 Å². The van der Waals surface area contributed by atoms with E-state index in [0.29, 0.717) is 19.3 Å². The lowest BCUT2D eigenvalue weighted by molar-refractivity contribution is -0.167. The smallest absolute Gasteiger partial charge is 0.306 e. The standard InChI is InChI=1S/C58H96O6/c1-4-7-10-13-16-19-22-24-26-28-29-31-32-34-36-39-42-45-48-51-57(60)63-54-55(53-62-56(59)50-47-44-41-38-21-18-15-12-9-6-3)64-58(61)52-49-46-43-40-37-35-33-30-27-25-23-20-17-14-11-8-5-2/h7,10,15-20,24-27,33,35,40,43,55H,4-6,8-9,11-14,21-23,28-32,34,36-39,41-42,44-54H2,1-3H3/b10-7-,18-15-,19-16-,20-17-,26-24-,27-25-,35-33-,43-40-. The van der Waals surface area contributed by atoms with Gasteiger partial charge in [0.25, 0.3) is 0 Å². The average Bonchev–Trinajstić information content (AvgIpc) is 3.29. The third-order valence-electron chi connectivity index (χ3n) is 10.8. The third-order valence-corrected chi connectivity index (χ3v) is 10.8. The molecule has 1 atom stereocenters. The zero-order valence-corrected chi connectivity index (χ0v) is 41.5. The summed E-state index contributed by atoms with van der Waals surface area (Å²) >= 11 is 0. The summed E-state index contributed by atoms with van der Waals surface area (Å²) in [5.41, 5.74) is 0. The first-order valence-corrected chi connectivity index (χ1v) is 26.2. The maximum atomic E-state index is 12.8. The lowest BCUT2D eigenvalue weighted by Gasteiger charge is -2.18. The Morgan fingerprint density at radius 3 is 1.06 bits per heavy atom. The Kier molecular flexibility index (Phi) is 49.0. The highest BCUT2D eigenvalue weighted by atomic mass is 16.6. The Morgan fingerprint density at radius 2 is 0.641 bits per heavy atom. The van der Waals surface area contributed by atoms with E-state index in [4.69, 9.17) is 14.2 Å². The molecule has 0 heterocycles. The summed E-state index contributed by atoms with van der Waals surface area (Å²) in [6.45, 7) is 6.39. The summed E-state index contributed by atoms with van der Waals surface area (Å²) in [4.78, 5) is 37.9. The van der Waals surface area contributed by atoms with Gasteiger partial charge in [0, 0.05) is 19.3 Å². The van der Waals surface area contributed by atoms with Crippen LogP contribution in [0.4, 0.5) is 0 Å². The van der Waals surface area contributed by atoms with Gasteiger partial charge in [0.2, 0.25) is 0 Å². The zero-order chi connectivity index (χ0) is 46.5. The van der Waals surface area contributed by atoms with Crippen LogP contribution in [0.15, 0.2) is 97.2 Å². The van der Waals surface area contributed by atoms with Crippen molar-refractivity contribution in [1.82, 2.24) is 0 Å². The van der Waals surface area contributed by atoms with E-state index >= 15 is 0 Å². The van der Waals surface area contributed by atoms with Gasteiger partial charge in [-0.15, -0.1) is 0 Å². The molecule has 6 nitrogen and oxygen atoms in total. The number of rotatable bonds is 46. The molecule has 364 valence electrons. The molecule has 0 aliphatic heterocycles. The first-order valence-electron chi connectivity index (χ1n) is 26.2. The van der Waals surface area contributed by atoms with Gasteiger partial charge in [-0.1, -0.05) is 201 Å². The van der Waals surface area contributed by atoms with Crippen LogP contribution in [0.3, 0.4) is 0 Å². The minimum Gasteiger partial charge on any atom is -0.462 e. The topological polar surface area (TPSA) is 78.9 Å². The summed E-state index contributed by atoms with van der Waals surface area (Å²) in [7, 11) is 0. The van der Waals surface area contributed by atoms with Crippen LogP contribution in [0, 0.1) is 0 Å². The van der Waals surface area contributed by atoms with Gasteiger partial charge in [0.1, 0.15) is 13.2 Å². The van der Waals surface area contributed by atoms with Gasteiger partial charge in [-0.25, -0.2) is 0 Å². The molecule has 64 heavy (non-hydrogen) atoms. The predicted octanol–water partition coefficient (Wildman–Crippen LogP) is 17.4. The fourth-order valence-corrected chi connectivity index (χ4v) is 6.84. The van der Waals surface area contributed by atoms with Crippen molar-refractivity contribution in [3.05, 3.63) is 97.2 Å². The van der Waals surface area contributed by atoms with Crippen molar-refractivity contribution < 1.29 is 28.6 Å². The average molecular weight is 889 g/mol. The van der Waals surface area contributed by atoms with Gasteiger partial charge in [0.15, 0.2) is 6.10 Å². The molecule has 0 rings (SSSR count). The second kappa shape index (κ2) is 52.0. The third kappa shape index (κ3) is 49.3. The van der Waals surface area contributed by atoms with E-state index in [0.717, 1.165) is 103 Å². The van der Waals surface area contributed by atoms with Crippen LogP contribution < -0.4 is 0 Å². The molecule has 0 amide bonds. The Labute approximate surface area is 394 Å². The Balaban J connectivity index is 4.44. The minimum atomic E-state index is -0.812. The molecule has 6 heteroatoms. The second-order valence-electron chi connectivity index (χ2n) is 17.0. The SMILES string of the molecule is CC/C=C\C/C=C\C/C=C\CCCCCCCCCCCC(=O)OCC(COC(=O)CCCCCC/C=C\CCCC)OC(=O)CCC/C=C\C/C=C\C/C=C\C/C=C\CCCCC. The Hall–Kier alpha value is -3.67. The first kappa shape index (κ1) is 60.3. The molecule has 0 saturated carbocycles. The molecule has 0 aromatic rings. The minimum absolute atomic E-state index is 0.107. The fourth-order valence-electron chi connectivity index (χ4n) is 6.84. The van der Waals surface area contributed by atoms with Crippen molar-refractivity contribution >= 4 is 17.9 Å². The van der Waals surface area contributed by atoms with Crippen molar-refractivity contribution in [2.75, 3.05) is 13.2 Å². The number of hydrogen-bond donors (Lipinski definition) is 0. The van der Waals surface area contributed by atoms with Crippen LogP contribution in [0.25, 0.3) is 0 Å². The van der Waals surface area contributed by atoms with Crippen LogP contribution in [0.1, 0.15) is 233 Å². The van der Waals surface area contributed by atoms with E-state index in [1.165, 1.54) is 83.5 Å². The molecule has 0 aromatic carbocycles. The van der Waals surface area contributed by atoms with Crippen molar-refractivity contribution in [1.29, 1.82) is 0 Å². The van der Waals surface area contributed by atoms with Crippen molar-refractivity contribution in [3.8, 4) is 0 Å². The Bertz CT molecular complexity index is 1300. The lowest BCUT2D eigenvalue weighted by atomic mass is 10.1. The number of carbonyl (C=O) groups is 3. The molecule has 0 N–H and O–H groups in total. The normalized spacial score (nSPS) is 12.9. The highest BCUT2D eigenvalue weighted by Crippen LogP contribution is 2.13. The van der Waals surface area contributed by atoms with Crippen molar-refractivity contribution in [3.63, 3.8) is 0 Å². The largest absolute Gasteiger partial charge is 0.462 e. The quantitative estimate of drug-likeness (QED) is 0.0262. The van der Waals surface area contributed by atoms with Crippen LogP contribution in [-0.2, 0) is 28.6 Å². The summed E-state index contributed by atoms with van der Waals surface area (Å²) in [6.07, 6.45) is 68.3. The van der Waals surface area contributed by atoms with Crippen LogP contribution in [0.2, 0.25) is 0 Å². The highest BCUT2D eigenvalue weighted by molar-refractivity contribution is 5.71. The molecule has 0 saturated heterocycles. The number of hydrogen-bond acceptors (Lipinski definition) is 6. The number of esters is 3. The van der Waals surface area contributed by atoms with Gasteiger partial charge < -0.3 is 14.2 Å².